The summed E-state index contributed by atoms with van der Waals surface area (Å²) in [7, 11) is 0. The zero-order valence-electron chi connectivity index (χ0n) is 6.54. The minimum Gasteiger partial charge on any atom is -0.166 e. The van der Waals surface area contributed by atoms with Crippen molar-refractivity contribution in [3.05, 3.63) is 33.3 Å². The van der Waals surface area contributed by atoms with Crippen molar-refractivity contribution in [2.24, 2.45) is 0 Å². The molecule has 72 valence electrons. The van der Waals surface area contributed by atoms with E-state index >= 15 is 0 Å². The maximum Gasteiger partial charge on any atom is 0.417 e. The first-order valence-corrected chi connectivity index (χ1v) is 4.11. The Labute approximate surface area is 83.3 Å². The maximum absolute atomic E-state index is 12.2. The minimum atomic E-state index is -4.42. The Kier molecular flexibility index (Phi) is 2.78. The van der Waals surface area contributed by atoms with Gasteiger partial charge in [-0.05, 0) is 24.6 Å². The molecule has 0 aliphatic rings. The molecular weight excluding hydrogens is 224 g/mol. The van der Waals surface area contributed by atoms with E-state index in [1.165, 1.54) is 6.92 Å². The number of aryl methyl sites for hydroxylation is 1. The molecule has 0 spiro atoms. The average molecular weight is 229 g/mol. The Morgan fingerprint density at radius 1 is 1.08 bits per heavy atom. The predicted octanol–water partition coefficient (Wildman–Crippen LogP) is 4.32. The molecule has 0 amide bonds. The molecule has 0 aliphatic heterocycles. The van der Waals surface area contributed by atoms with Crippen molar-refractivity contribution in [1.29, 1.82) is 0 Å². The number of alkyl halides is 3. The monoisotopic (exact) mass is 228 g/mol. The highest BCUT2D eigenvalue weighted by molar-refractivity contribution is 6.35. The van der Waals surface area contributed by atoms with E-state index in [0.29, 0.717) is 5.56 Å². The van der Waals surface area contributed by atoms with Crippen molar-refractivity contribution >= 4 is 23.2 Å². The summed E-state index contributed by atoms with van der Waals surface area (Å²) in [4.78, 5) is 0. The predicted molar refractivity (Wildman–Crippen MR) is 46.2 cm³/mol. The molecule has 1 aromatic carbocycles. The number of hydrogen-bond donors (Lipinski definition) is 0. The van der Waals surface area contributed by atoms with E-state index in [2.05, 4.69) is 0 Å². The lowest BCUT2D eigenvalue weighted by atomic mass is 10.1. The van der Waals surface area contributed by atoms with Gasteiger partial charge in [-0.1, -0.05) is 23.2 Å². The van der Waals surface area contributed by atoms with Crippen LogP contribution in [0.2, 0.25) is 10.0 Å². The summed E-state index contributed by atoms with van der Waals surface area (Å²) >= 11 is 11.0. The van der Waals surface area contributed by atoms with E-state index in [1.807, 2.05) is 0 Å². The van der Waals surface area contributed by atoms with Crippen molar-refractivity contribution in [2.75, 3.05) is 0 Å². The first-order valence-electron chi connectivity index (χ1n) is 3.35. The van der Waals surface area contributed by atoms with Crippen LogP contribution in [0.3, 0.4) is 0 Å². The summed E-state index contributed by atoms with van der Waals surface area (Å²) in [6.07, 6.45) is -4.42. The highest BCUT2D eigenvalue weighted by atomic mass is 35.5. The third-order valence-electron chi connectivity index (χ3n) is 1.55. The van der Waals surface area contributed by atoms with E-state index < -0.39 is 11.7 Å². The van der Waals surface area contributed by atoms with Gasteiger partial charge in [0.1, 0.15) is 0 Å². The van der Waals surface area contributed by atoms with E-state index in [0.717, 1.165) is 12.1 Å². The molecule has 0 aliphatic carbocycles. The third kappa shape index (κ3) is 2.29. The number of halogens is 5. The van der Waals surface area contributed by atoms with Crippen molar-refractivity contribution in [1.82, 2.24) is 0 Å². The second-order valence-corrected chi connectivity index (χ2v) is 3.39. The molecule has 0 nitrogen and oxygen atoms in total. The van der Waals surface area contributed by atoms with E-state index in [4.69, 9.17) is 23.2 Å². The molecule has 13 heavy (non-hydrogen) atoms. The third-order valence-corrected chi connectivity index (χ3v) is 2.27. The second kappa shape index (κ2) is 3.39. The molecule has 5 heteroatoms. The van der Waals surface area contributed by atoms with Gasteiger partial charge < -0.3 is 0 Å². The number of benzene rings is 1. The lowest BCUT2D eigenvalue weighted by molar-refractivity contribution is -0.137. The standard InChI is InChI=1S/C8H5Cl2F3/c1-4-2-5(8(11,12)13)7(10)3-6(4)9/h2-3H,1H3. The summed E-state index contributed by atoms with van der Waals surface area (Å²) in [6, 6.07) is 2.03. The Morgan fingerprint density at radius 3 is 2.08 bits per heavy atom. The Morgan fingerprint density at radius 2 is 1.62 bits per heavy atom. The van der Waals surface area contributed by atoms with Gasteiger partial charge in [-0.25, -0.2) is 0 Å². The van der Waals surface area contributed by atoms with Gasteiger partial charge in [0.2, 0.25) is 0 Å². The normalized spacial score (nSPS) is 11.8. The van der Waals surface area contributed by atoms with Crippen LogP contribution in [-0.4, -0.2) is 0 Å². The molecule has 0 heterocycles. The van der Waals surface area contributed by atoms with Gasteiger partial charge in [-0.15, -0.1) is 0 Å². The molecule has 0 bridgehead atoms. The molecule has 0 fully saturated rings. The molecular formula is C8H5Cl2F3. The summed E-state index contributed by atoms with van der Waals surface area (Å²) in [5, 5.41) is -0.138. The van der Waals surface area contributed by atoms with Crippen LogP contribution < -0.4 is 0 Å². The Balaban J connectivity index is 3.32. The van der Waals surface area contributed by atoms with Crippen LogP contribution in [0.15, 0.2) is 12.1 Å². The Bertz CT molecular complexity index is 331. The summed E-state index contributed by atoms with van der Waals surface area (Å²) in [5.41, 5.74) is -0.491. The zero-order chi connectivity index (χ0) is 10.2. The van der Waals surface area contributed by atoms with Crippen LogP contribution >= 0.6 is 23.2 Å². The van der Waals surface area contributed by atoms with Crippen molar-refractivity contribution in [3.63, 3.8) is 0 Å². The topological polar surface area (TPSA) is 0 Å². The van der Waals surface area contributed by atoms with Crippen LogP contribution in [0.5, 0.6) is 0 Å². The minimum absolute atomic E-state index is 0.234. The van der Waals surface area contributed by atoms with Crippen LogP contribution in [0.1, 0.15) is 11.1 Å². The lowest BCUT2D eigenvalue weighted by Crippen LogP contribution is -2.06. The molecule has 0 N–H and O–H groups in total. The van der Waals surface area contributed by atoms with Gasteiger partial charge >= 0.3 is 6.18 Å². The number of rotatable bonds is 0. The van der Waals surface area contributed by atoms with Gasteiger partial charge in [0.25, 0.3) is 0 Å². The van der Waals surface area contributed by atoms with Crippen molar-refractivity contribution in [3.8, 4) is 0 Å². The van der Waals surface area contributed by atoms with Gasteiger partial charge in [0.05, 0.1) is 10.6 Å². The SMILES string of the molecule is Cc1cc(C(F)(F)F)c(Cl)cc1Cl. The first-order chi connectivity index (χ1) is 5.82. The fraction of sp³-hybridized carbons (Fsp3) is 0.250. The number of hydrogen-bond acceptors (Lipinski definition) is 0. The van der Waals surface area contributed by atoms with E-state index in [9.17, 15) is 13.2 Å². The lowest BCUT2D eigenvalue weighted by Gasteiger charge is -2.10. The quantitative estimate of drug-likeness (QED) is 0.621. The molecule has 0 saturated carbocycles. The van der Waals surface area contributed by atoms with Gasteiger partial charge in [-0.3, -0.25) is 0 Å². The zero-order valence-corrected chi connectivity index (χ0v) is 8.06. The van der Waals surface area contributed by atoms with Gasteiger partial charge in [0, 0.05) is 5.02 Å². The van der Waals surface area contributed by atoms with Crippen LogP contribution in [0, 0.1) is 6.92 Å². The molecule has 0 unspecified atom stereocenters. The maximum atomic E-state index is 12.2. The molecule has 1 aromatic rings. The summed E-state index contributed by atoms with van der Waals surface area (Å²) in [6.45, 7) is 1.49. The van der Waals surface area contributed by atoms with Crippen LogP contribution in [0.25, 0.3) is 0 Å². The van der Waals surface area contributed by atoms with Gasteiger partial charge in [0.15, 0.2) is 0 Å². The highest BCUT2D eigenvalue weighted by Crippen LogP contribution is 2.37. The summed E-state index contributed by atoms with van der Waals surface area (Å²) in [5.74, 6) is 0. The first kappa shape index (κ1) is 10.7. The fourth-order valence-corrected chi connectivity index (χ4v) is 1.36. The van der Waals surface area contributed by atoms with E-state index in [-0.39, 0.29) is 10.0 Å². The average Bonchev–Trinajstić information content (AvgIpc) is 1.94. The fourth-order valence-electron chi connectivity index (χ4n) is 0.874. The Hall–Kier alpha value is -0.410. The van der Waals surface area contributed by atoms with Crippen LogP contribution in [0.4, 0.5) is 13.2 Å². The smallest absolute Gasteiger partial charge is 0.166 e. The molecule has 0 aromatic heterocycles. The van der Waals surface area contributed by atoms with Crippen molar-refractivity contribution < 1.29 is 13.2 Å². The highest BCUT2D eigenvalue weighted by Gasteiger charge is 2.33. The van der Waals surface area contributed by atoms with Gasteiger partial charge in [-0.2, -0.15) is 13.2 Å². The van der Waals surface area contributed by atoms with Crippen molar-refractivity contribution in [2.45, 2.75) is 13.1 Å². The largest absolute Gasteiger partial charge is 0.417 e. The molecule has 0 radical (unpaired) electrons. The second-order valence-electron chi connectivity index (χ2n) is 2.58. The van der Waals surface area contributed by atoms with Crippen LogP contribution in [-0.2, 0) is 6.18 Å². The molecule has 0 atom stereocenters. The molecule has 1 rings (SSSR count). The molecule has 0 saturated heterocycles. The summed E-state index contributed by atoms with van der Waals surface area (Å²) < 4.78 is 36.7. The van der Waals surface area contributed by atoms with E-state index in [1.54, 1.807) is 0 Å².